The number of nitrogens with one attached hydrogen (secondary N) is 1. The van der Waals surface area contributed by atoms with Crippen molar-refractivity contribution in [2.45, 2.75) is 18.9 Å². The Balaban J connectivity index is 1.96. The second kappa shape index (κ2) is 5.21. The number of amides is 1. The van der Waals surface area contributed by atoms with Crippen molar-refractivity contribution in [2.75, 3.05) is 16.8 Å². The number of carbonyl (C=O) groups is 1. The molecule has 3 N–H and O–H groups in total. The number of nitrogens with zero attached hydrogens (tertiary/aromatic N) is 1. The van der Waals surface area contributed by atoms with E-state index in [0.717, 1.165) is 11.6 Å². The van der Waals surface area contributed by atoms with E-state index >= 15 is 0 Å². The summed E-state index contributed by atoms with van der Waals surface area (Å²) in [5.41, 5.74) is 5.59. The fraction of sp³-hybridized carbons (Fsp3) is 0.455. The van der Waals surface area contributed by atoms with Crippen LogP contribution in [0.2, 0.25) is 0 Å². The van der Waals surface area contributed by atoms with Crippen molar-refractivity contribution in [2.24, 2.45) is 5.73 Å². The van der Waals surface area contributed by atoms with Crippen molar-refractivity contribution < 1.29 is 4.79 Å². The molecule has 0 aromatic carbocycles. The van der Waals surface area contributed by atoms with Gasteiger partial charge in [-0.25, -0.2) is 4.98 Å². The molecule has 1 aromatic heterocycles. The number of pyridine rings is 1. The van der Waals surface area contributed by atoms with Gasteiger partial charge in [0.15, 0.2) is 0 Å². The van der Waals surface area contributed by atoms with Gasteiger partial charge in [-0.15, -0.1) is 0 Å². The Kier molecular flexibility index (Phi) is 3.66. The molecule has 1 fully saturated rings. The molecular weight excluding hydrogens is 222 g/mol. The Bertz CT molecular complexity index is 360. The summed E-state index contributed by atoms with van der Waals surface area (Å²) in [6, 6.07) is 4.00. The van der Waals surface area contributed by atoms with Crippen LogP contribution in [0.15, 0.2) is 18.3 Å². The lowest BCUT2D eigenvalue weighted by molar-refractivity contribution is 0.1000. The Labute approximate surface area is 99.0 Å². The predicted molar refractivity (Wildman–Crippen MR) is 66.7 cm³/mol. The van der Waals surface area contributed by atoms with Crippen LogP contribution in [0.3, 0.4) is 0 Å². The second-order valence-corrected chi connectivity index (χ2v) is 5.00. The number of thioether (sulfide) groups is 1. The average Bonchev–Trinajstić information content (AvgIpc) is 2.31. The molecule has 4 nitrogen and oxygen atoms in total. The third kappa shape index (κ3) is 2.88. The van der Waals surface area contributed by atoms with E-state index in [4.69, 9.17) is 5.73 Å². The van der Waals surface area contributed by atoms with Gasteiger partial charge in [0, 0.05) is 18.0 Å². The lowest BCUT2D eigenvalue weighted by Crippen LogP contribution is -2.26. The van der Waals surface area contributed by atoms with Crippen molar-refractivity contribution in [1.29, 1.82) is 0 Å². The van der Waals surface area contributed by atoms with Crippen molar-refractivity contribution in [3.8, 4) is 0 Å². The minimum atomic E-state index is -0.438. The molecule has 1 unspecified atom stereocenters. The number of rotatable bonds is 3. The molecule has 0 spiro atoms. The van der Waals surface area contributed by atoms with E-state index in [1.54, 1.807) is 12.1 Å². The van der Waals surface area contributed by atoms with Crippen molar-refractivity contribution in [3.63, 3.8) is 0 Å². The molecule has 86 valence electrons. The monoisotopic (exact) mass is 237 g/mol. The third-order valence-electron chi connectivity index (χ3n) is 2.56. The molecular formula is C11H15N3OS. The number of hydrogen-bond donors (Lipinski definition) is 2. The number of primary amides is 1. The second-order valence-electron chi connectivity index (χ2n) is 3.85. The largest absolute Gasteiger partial charge is 0.367 e. The molecule has 1 amide bonds. The maximum absolute atomic E-state index is 10.9. The van der Waals surface area contributed by atoms with Crippen LogP contribution in [-0.4, -0.2) is 28.4 Å². The van der Waals surface area contributed by atoms with E-state index in [1.807, 2.05) is 11.8 Å². The summed E-state index contributed by atoms with van der Waals surface area (Å²) in [6.07, 6.45) is 3.95. The number of nitrogens with two attached hydrogens (primary N) is 1. The first-order chi connectivity index (χ1) is 7.75. The van der Waals surface area contributed by atoms with Gasteiger partial charge in [0.2, 0.25) is 5.91 Å². The quantitative estimate of drug-likeness (QED) is 0.835. The van der Waals surface area contributed by atoms with Gasteiger partial charge in [0.1, 0.15) is 5.82 Å². The maximum atomic E-state index is 10.9. The first-order valence-electron chi connectivity index (χ1n) is 5.36. The van der Waals surface area contributed by atoms with Crippen LogP contribution >= 0.6 is 11.8 Å². The zero-order valence-corrected chi connectivity index (χ0v) is 9.80. The van der Waals surface area contributed by atoms with Crippen molar-refractivity contribution in [3.05, 3.63) is 23.9 Å². The first kappa shape index (κ1) is 11.3. The normalized spacial score (nSPS) is 20.4. The fourth-order valence-electron chi connectivity index (χ4n) is 1.69. The average molecular weight is 237 g/mol. The predicted octanol–water partition coefficient (Wildman–Crippen LogP) is 1.49. The zero-order valence-electron chi connectivity index (χ0n) is 8.98. The lowest BCUT2D eigenvalue weighted by Gasteiger charge is -2.22. The summed E-state index contributed by atoms with van der Waals surface area (Å²) >= 11 is 1.97. The summed E-state index contributed by atoms with van der Waals surface area (Å²) in [5, 5.41) is 3.36. The molecule has 1 aromatic rings. The summed E-state index contributed by atoms with van der Waals surface area (Å²) in [6.45, 7) is 0. The van der Waals surface area contributed by atoms with Gasteiger partial charge in [-0.2, -0.15) is 11.8 Å². The molecule has 1 saturated heterocycles. The number of aromatic nitrogens is 1. The Hall–Kier alpha value is -1.23. The number of hydrogen-bond acceptors (Lipinski definition) is 4. The van der Waals surface area contributed by atoms with Gasteiger partial charge in [-0.3, -0.25) is 4.79 Å². The SMILES string of the molecule is NC(=O)c1ccc(NC2CCCSC2)nc1. The van der Waals surface area contributed by atoms with E-state index < -0.39 is 5.91 Å². The van der Waals surface area contributed by atoms with Crippen LogP contribution < -0.4 is 11.1 Å². The zero-order chi connectivity index (χ0) is 11.4. The number of anilines is 1. The van der Waals surface area contributed by atoms with Crippen molar-refractivity contribution >= 4 is 23.5 Å². The summed E-state index contributed by atoms with van der Waals surface area (Å²) in [4.78, 5) is 15.0. The lowest BCUT2D eigenvalue weighted by atomic mass is 10.2. The van der Waals surface area contributed by atoms with Crippen LogP contribution in [0.25, 0.3) is 0 Å². The standard InChI is InChI=1S/C11H15N3OS/c12-11(15)8-3-4-10(13-6-8)14-9-2-1-5-16-7-9/h3-4,6,9H,1-2,5,7H2,(H2,12,15)(H,13,14). The topological polar surface area (TPSA) is 68.0 Å². The Morgan fingerprint density at radius 3 is 3.00 bits per heavy atom. The maximum Gasteiger partial charge on any atom is 0.250 e. The van der Waals surface area contributed by atoms with Gasteiger partial charge in [-0.1, -0.05) is 0 Å². The first-order valence-corrected chi connectivity index (χ1v) is 6.51. The van der Waals surface area contributed by atoms with Gasteiger partial charge in [0.05, 0.1) is 5.56 Å². The van der Waals surface area contributed by atoms with E-state index in [-0.39, 0.29) is 0 Å². The highest BCUT2D eigenvalue weighted by Crippen LogP contribution is 2.19. The van der Waals surface area contributed by atoms with Crippen molar-refractivity contribution in [1.82, 2.24) is 4.98 Å². The van der Waals surface area contributed by atoms with E-state index in [2.05, 4.69) is 10.3 Å². The summed E-state index contributed by atoms with van der Waals surface area (Å²) in [5.74, 6) is 2.76. The molecule has 16 heavy (non-hydrogen) atoms. The van der Waals surface area contributed by atoms with E-state index in [0.29, 0.717) is 11.6 Å². The minimum Gasteiger partial charge on any atom is -0.367 e. The molecule has 1 aliphatic rings. The molecule has 5 heteroatoms. The molecule has 2 rings (SSSR count). The van der Waals surface area contributed by atoms with Crippen LogP contribution in [0.1, 0.15) is 23.2 Å². The molecule has 0 saturated carbocycles. The van der Waals surface area contributed by atoms with Gasteiger partial charge < -0.3 is 11.1 Å². The summed E-state index contributed by atoms with van der Waals surface area (Å²) < 4.78 is 0. The van der Waals surface area contributed by atoms with Gasteiger partial charge in [0.25, 0.3) is 0 Å². The highest BCUT2D eigenvalue weighted by Gasteiger charge is 2.13. The molecule has 1 aliphatic heterocycles. The molecule has 0 bridgehead atoms. The van der Waals surface area contributed by atoms with E-state index in [1.165, 1.54) is 24.8 Å². The van der Waals surface area contributed by atoms with E-state index in [9.17, 15) is 4.79 Å². The fourth-order valence-corrected chi connectivity index (χ4v) is 2.76. The Morgan fingerprint density at radius 2 is 2.44 bits per heavy atom. The van der Waals surface area contributed by atoms with Crippen LogP contribution in [0.4, 0.5) is 5.82 Å². The Morgan fingerprint density at radius 1 is 1.56 bits per heavy atom. The minimum absolute atomic E-state index is 0.438. The molecule has 1 atom stereocenters. The smallest absolute Gasteiger partial charge is 0.250 e. The van der Waals surface area contributed by atoms with Gasteiger partial charge in [-0.05, 0) is 30.7 Å². The molecule has 0 aliphatic carbocycles. The highest BCUT2D eigenvalue weighted by atomic mass is 32.2. The number of carbonyl (C=O) groups excluding carboxylic acids is 1. The van der Waals surface area contributed by atoms with Crippen LogP contribution in [0.5, 0.6) is 0 Å². The van der Waals surface area contributed by atoms with Crippen LogP contribution in [0, 0.1) is 0 Å². The van der Waals surface area contributed by atoms with Crippen LogP contribution in [-0.2, 0) is 0 Å². The molecule has 2 heterocycles. The van der Waals surface area contributed by atoms with Gasteiger partial charge >= 0.3 is 0 Å². The highest BCUT2D eigenvalue weighted by molar-refractivity contribution is 7.99. The molecule has 0 radical (unpaired) electrons. The third-order valence-corrected chi connectivity index (χ3v) is 3.78. The summed E-state index contributed by atoms with van der Waals surface area (Å²) in [7, 11) is 0.